The first kappa shape index (κ1) is 53.4. The van der Waals surface area contributed by atoms with Crippen molar-refractivity contribution in [2.24, 2.45) is 22.8 Å². The van der Waals surface area contributed by atoms with Gasteiger partial charge in [-0.25, -0.2) is 33.6 Å². The predicted octanol–water partition coefficient (Wildman–Crippen LogP) is 3.35. The van der Waals surface area contributed by atoms with Crippen LogP contribution in [0.2, 0.25) is 0 Å². The summed E-state index contributed by atoms with van der Waals surface area (Å²) in [5, 5.41) is 17.9. The van der Waals surface area contributed by atoms with Crippen molar-refractivity contribution in [3.8, 4) is 0 Å². The quantitative estimate of drug-likeness (QED) is 0.0583. The molecule has 0 aliphatic carbocycles. The molecule has 0 aromatic carbocycles. The van der Waals surface area contributed by atoms with Crippen LogP contribution < -0.4 is 11.5 Å². The number of hydrogen-bond acceptors (Lipinski definition) is 16. The molecule has 2 unspecified atom stereocenters. The Labute approximate surface area is 332 Å². The SMILES string of the molecule is C=C(C)C(=O)OCC(COC(=O)C(=C)C)OC(=O)C(O)CC(=O)O.C=C(C)C(=O)OCCC(CCOC(=O)C(=C)C)(OC(N)=O)C(C)(C)CC(C)CCOC(N)=O. The zero-order chi connectivity index (χ0) is 44.7. The Morgan fingerprint density at radius 2 is 1.05 bits per heavy atom. The molecule has 0 spiro atoms. The number of esters is 5. The van der Waals surface area contributed by atoms with E-state index in [1.54, 1.807) is 0 Å². The maximum atomic E-state index is 11.9. The Morgan fingerprint density at radius 1 is 0.649 bits per heavy atom. The van der Waals surface area contributed by atoms with Crippen LogP contribution in [0.3, 0.4) is 0 Å². The Hall–Kier alpha value is -5.72. The molecule has 0 aromatic heterocycles. The number of amides is 2. The highest BCUT2D eigenvalue weighted by atomic mass is 16.6. The summed E-state index contributed by atoms with van der Waals surface area (Å²) < 4.78 is 35.3. The molecule has 322 valence electrons. The van der Waals surface area contributed by atoms with E-state index in [0.717, 1.165) is 0 Å². The summed E-state index contributed by atoms with van der Waals surface area (Å²) in [5.41, 5.74) is 9.13. The van der Waals surface area contributed by atoms with Crippen molar-refractivity contribution in [3.63, 3.8) is 0 Å². The lowest BCUT2D eigenvalue weighted by Gasteiger charge is -2.46. The Kier molecular flexibility index (Phi) is 24.5. The summed E-state index contributed by atoms with van der Waals surface area (Å²) in [7, 11) is 0. The molecule has 6 N–H and O–H groups in total. The van der Waals surface area contributed by atoms with E-state index >= 15 is 0 Å². The molecule has 0 rings (SSSR count). The van der Waals surface area contributed by atoms with E-state index in [2.05, 4.69) is 26.3 Å². The average Bonchev–Trinajstić information content (AvgIpc) is 3.07. The van der Waals surface area contributed by atoms with Crippen LogP contribution in [0.25, 0.3) is 0 Å². The summed E-state index contributed by atoms with van der Waals surface area (Å²) >= 11 is 0. The smallest absolute Gasteiger partial charge is 0.405 e. The number of carbonyl (C=O) groups excluding carboxylic acids is 7. The third-order valence-electron chi connectivity index (χ3n) is 7.84. The zero-order valence-electron chi connectivity index (χ0n) is 33.8. The largest absolute Gasteiger partial charge is 0.481 e. The maximum absolute atomic E-state index is 11.9. The summed E-state index contributed by atoms with van der Waals surface area (Å²) in [5.74, 6) is -5.29. The second kappa shape index (κ2) is 26.2. The zero-order valence-corrected chi connectivity index (χ0v) is 33.8. The number of primary amides is 2. The molecule has 57 heavy (non-hydrogen) atoms. The fraction of sp³-hybridized carbons (Fsp3) is 0.579. The van der Waals surface area contributed by atoms with Crippen molar-refractivity contribution in [1.29, 1.82) is 0 Å². The third kappa shape index (κ3) is 23.1. The first-order valence-electron chi connectivity index (χ1n) is 17.5. The normalized spacial score (nSPS) is 11.9. The molecule has 0 bridgehead atoms. The minimum atomic E-state index is -1.90. The third-order valence-corrected chi connectivity index (χ3v) is 7.84. The van der Waals surface area contributed by atoms with Crippen molar-refractivity contribution >= 4 is 48.0 Å². The Bertz CT molecular complexity index is 1440. The van der Waals surface area contributed by atoms with E-state index in [1.165, 1.54) is 27.7 Å². The second-order valence-electron chi connectivity index (χ2n) is 13.8. The number of carbonyl (C=O) groups is 8. The van der Waals surface area contributed by atoms with Gasteiger partial charge in [0.2, 0.25) is 0 Å². The average molecular weight is 815 g/mol. The van der Waals surface area contributed by atoms with Gasteiger partial charge in [-0.15, -0.1) is 0 Å². The molecule has 0 radical (unpaired) electrons. The maximum Gasteiger partial charge on any atom is 0.405 e. The molecule has 19 heteroatoms. The highest BCUT2D eigenvalue weighted by Crippen LogP contribution is 2.45. The molecule has 0 aromatic rings. The minimum Gasteiger partial charge on any atom is -0.481 e. The van der Waals surface area contributed by atoms with Crippen LogP contribution in [0, 0.1) is 11.3 Å². The van der Waals surface area contributed by atoms with Crippen LogP contribution in [0.5, 0.6) is 0 Å². The van der Waals surface area contributed by atoms with Gasteiger partial charge < -0.3 is 54.8 Å². The van der Waals surface area contributed by atoms with Crippen molar-refractivity contribution in [1.82, 2.24) is 0 Å². The number of nitrogens with two attached hydrogens (primary N) is 2. The summed E-state index contributed by atoms with van der Waals surface area (Å²) in [6.45, 7) is 24.4. The monoisotopic (exact) mass is 814 g/mol. The van der Waals surface area contributed by atoms with E-state index in [1.807, 2.05) is 20.8 Å². The lowest BCUT2D eigenvalue weighted by Crippen LogP contribution is -2.52. The van der Waals surface area contributed by atoms with Crippen LogP contribution in [0.4, 0.5) is 9.59 Å². The lowest BCUT2D eigenvalue weighted by atomic mass is 9.66. The van der Waals surface area contributed by atoms with E-state index in [9.17, 15) is 43.5 Å². The van der Waals surface area contributed by atoms with Gasteiger partial charge in [0.1, 0.15) is 18.8 Å². The van der Waals surface area contributed by atoms with Gasteiger partial charge in [-0.05, 0) is 46.5 Å². The Morgan fingerprint density at radius 3 is 1.40 bits per heavy atom. The van der Waals surface area contributed by atoms with Crippen LogP contribution in [0.15, 0.2) is 48.6 Å². The van der Waals surface area contributed by atoms with Gasteiger partial charge in [-0.2, -0.15) is 0 Å². The number of carboxylic acid groups (broad SMARTS) is 1. The molecule has 0 fully saturated rings. The van der Waals surface area contributed by atoms with E-state index < -0.39 is 90.9 Å². The highest BCUT2D eigenvalue weighted by molar-refractivity contribution is 5.88. The number of aliphatic carboxylic acids is 1. The van der Waals surface area contributed by atoms with Crippen molar-refractivity contribution in [2.45, 2.75) is 98.4 Å². The van der Waals surface area contributed by atoms with Crippen molar-refractivity contribution in [2.75, 3.05) is 33.0 Å². The molecule has 0 saturated heterocycles. The molecule has 19 nitrogen and oxygen atoms in total. The molecular weight excluding hydrogens is 756 g/mol. The minimum absolute atomic E-state index is 0.0335. The molecule has 0 aliphatic heterocycles. The first-order chi connectivity index (χ1) is 26.2. The summed E-state index contributed by atoms with van der Waals surface area (Å²) in [6, 6.07) is 0. The highest BCUT2D eigenvalue weighted by Gasteiger charge is 2.48. The molecule has 0 aliphatic rings. The molecule has 0 saturated carbocycles. The number of ether oxygens (including phenoxy) is 7. The Balaban J connectivity index is 0. The van der Waals surface area contributed by atoms with Crippen molar-refractivity contribution in [3.05, 3.63) is 48.6 Å². The van der Waals surface area contributed by atoms with E-state index in [-0.39, 0.29) is 60.9 Å². The predicted molar refractivity (Wildman–Crippen MR) is 202 cm³/mol. The molecular formula is C38H58N2O17. The first-order valence-corrected chi connectivity index (χ1v) is 17.5. The van der Waals surface area contributed by atoms with Crippen LogP contribution in [-0.2, 0) is 61.9 Å². The van der Waals surface area contributed by atoms with Gasteiger partial charge in [0.05, 0.1) is 26.2 Å². The number of aliphatic hydroxyl groups excluding tert-OH is 1. The molecule has 0 heterocycles. The number of carboxylic acids is 1. The fourth-order valence-corrected chi connectivity index (χ4v) is 4.81. The van der Waals surface area contributed by atoms with Gasteiger partial charge in [0, 0.05) is 40.5 Å². The fourth-order valence-electron chi connectivity index (χ4n) is 4.81. The standard InChI is InChI=1S/C23H38N2O8.C15H20O9/c1-15(2)18(26)30-12-9-23(33-21(25)29,10-13-31-19(27)16(3)4)22(6,7)14-17(5)8-11-32-20(24)28;1-8(2)13(19)22-6-10(7-23-14(20)9(3)4)24-15(21)11(16)5-12(17)18/h17H,1,3,8-14H2,2,4-7H3,(H2,24,28)(H2,25,29);10-11,16H,1,3,5-7H2,2,4H3,(H,17,18). The second-order valence-corrected chi connectivity index (χ2v) is 13.8. The van der Waals surface area contributed by atoms with Gasteiger partial charge >= 0.3 is 48.0 Å². The van der Waals surface area contributed by atoms with E-state index in [4.69, 9.17) is 49.7 Å². The van der Waals surface area contributed by atoms with Crippen LogP contribution in [-0.4, -0.2) is 109 Å². The number of hydrogen-bond donors (Lipinski definition) is 4. The van der Waals surface area contributed by atoms with Gasteiger partial charge in [0.25, 0.3) is 0 Å². The van der Waals surface area contributed by atoms with Gasteiger partial charge in [-0.3, -0.25) is 4.79 Å². The molecule has 2 atom stereocenters. The van der Waals surface area contributed by atoms with Gasteiger partial charge in [-0.1, -0.05) is 47.1 Å². The number of rotatable bonds is 25. The van der Waals surface area contributed by atoms with Crippen molar-refractivity contribution < 1.29 is 81.7 Å². The number of aliphatic hydroxyl groups is 1. The molecule has 2 amide bonds. The van der Waals surface area contributed by atoms with Crippen LogP contribution >= 0.6 is 0 Å². The lowest BCUT2D eigenvalue weighted by molar-refractivity contribution is -0.172. The topological polar surface area (TPSA) is 294 Å². The summed E-state index contributed by atoms with van der Waals surface area (Å²) in [4.78, 5) is 91.1. The van der Waals surface area contributed by atoms with Gasteiger partial charge in [0.15, 0.2) is 12.2 Å². The van der Waals surface area contributed by atoms with Crippen LogP contribution in [0.1, 0.15) is 80.6 Å². The summed E-state index contributed by atoms with van der Waals surface area (Å²) in [6.07, 6.45) is -4.60. The van der Waals surface area contributed by atoms with E-state index in [0.29, 0.717) is 12.8 Å².